The van der Waals surface area contributed by atoms with Crippen LogP contribution in [-0.2, 0) is 14.3 Å². The van der Waals surface area contributed by atoms with Crippen molar-refractivity contribution >= 4 is 34.9 Å². The summed E-state index contributed by atoms with van der Waals surface area (Å²) >= 11 is 5.63. The van der Waals surface area contributed by atoms with E-state index in [1.165, 1.54) is 12.1 Å². The second-order valence-electron chi connectivity index (χ2n) is 3.64. The first-order chi connectivity index (χ1) is 9.36. The van der Waals surface area contributed by atoms with Crippen LogP contribution in [0.3, 0.4) is 0 Å². The minimum absolute atomic E-state index is 0.0670. The zero-order chi connectivity index (χ0) is 15.3. The minimum Gasteiger partial charge on any atom is -0.464 e. The first kappa shape index (κ1) is 15.9. The molecular formula is C11H12ClN3O5. The van der Waals surface area contributed by atoms with Gasteiger partial charge in [0, 0.05) is 11.8 Å². The normalized spacial score (nSPS) is 11.6. The van der Waals surface area contributed by atoms with Gasteiger partial charge in [0.15, 0.2) is 6.04 Å². The van der Waals surface area contributed by atoms with E-state index in [0.717, 1.165) is 6.07 Å². The van der Waals surface area contributed by atoms with Crippen molar-refractivity contribution in [3.8, 4) is 0 Å². The number of nitro groups is 1. The fraction of sp³-hybridized carbons (Fsp3) is 0.273. The summed E-state index contributed by atoms with van der Waals surface area (Å²) in [7, 11) is 0. The van der Waals surface area contributed by atoms with Crippen LogP contribution >= 0.6 is 11.6 Å². The van der Waals surface area contributed by atoms with Crippen LogP contribution in [0.2, 0.25) is 5.02 Å². The largest absolute Gasteiger partial charge is 0.464 e. The molecule has 0 aromatic heterocycles. The first-order valence-electron chi connectivity index (χ1n) is 5.53. The topological polar surface area (TPSA) is 125 Å². The molecule has 0 saturated carbocycles. The standard InChI is InChI=1S/C11H12ClN3O5/c1-2-20-11(17)9(13)10(16)14-6-3-4-7(12)8(5-6)15(18)19/h3-5,9H,2,13H2,1H3,(H,14,16). The summed E-state index contributed by atoms with van der Waals surface area (Å²) in [6.07, 6.45) is 0. The van der Waals surface area contributed by atoms with Crippen molar-refractivity contribution in [1.29, 1.82) is 0 Å². The molecule has 3 N–H and O–H groups in total. The van der Waals surface area contributed by atoms with Crippen LogP contribution < -0.4 is 11.1 Å². The molecule has 9 heteroatoms. The summed E-state index contributed by atoms with van der Waals surface area (Å²) in [5.74, 6) is -1.71. The molecule has 0 aliphatic heterocycles. The van der Waals surface area contributed by atoms with Gasteiger partial charge in [0.25, 0.3) is 11.6 Å². The Morgan fingerprint density at radius 2 is 2.20 bits per heavy atom. The second-order valence-corrected chi connectivity index (χ2v) is 4.05. The maximum Gasteiger partial charge on any atom is 0.332 e. The third kappa shape index (κ3) is 3.90. The van der Waals surface area contributed by atoms with Gasteiger partial charge in [0.05, 0.1) is 11.5 Å². The average molecular weight is 302 g/mol. The predicted molar refractivity (Wildman–Crippen MR) is 71.3 cm³/mol. The summed E-state index contributed by atoms with van der Waals surface area (Å²) in [4.78, 5) is 32.9. The van der Waals surface area contributed by atoms with Crippen molar-refractivity contribution in [2.24, 2.45) is 5.73 Å². The highest BCUT2D eigenvalue weighted by molar-refractivity contribution is 6.32. The average Bonchev–Trinajstić information content (AvgIpc) is 2.39. The van der Waals surface area contributed by atoms with Gasteiger partial charge in [-0.3, -0.25) is 14.9 Å². The number of hydrogen-bond donors (Lipinski definition) is 2. The summed E-state index contributed by atoms with van der Waals surface area (Å²) in [5, 5.41) is 12.9. The zero-order valence-corrected chi connectivity index (χ0v) is 11.2. The lowest BCUT2D eigenvalue weighted by molar-refractivity contribution is -0.384. The van der Waals surface area contributed by atoms with Gasteiger partial charge in [-0.15, -0.1) is 0 Å². The molecule has 0 heterocycles. The van der Waals surface area contributed by atoms with Crippen LogP contribution in [0.1, 0.15) is 6.92 Å². The number of rotatable bonds is 5. The molecule has 0 radical (unpaired) electrons. The molecule has 108 valence electrons. The van der Waals surface area contributed by atoms with E-state index in [0.29, 0.717) is 0 Å². The Morgan fingerprint density at radius 3 is 2.75 bits per heavy atom. The predicted octanol–water partition coefficient (Wildman–Crippen LogP) is 1.08. The number of ether oxygens (including phenoxy) is 1. The van der Waals surface area contributed by atoms with Gasteiger partial charge in [-0.05, 0) is 19.1 Å². The SMILES string of the molecule is CCOC(=O)C(N)C(=O)Nc1ccc(Cl)c([N+](=O)[O-])c1. The van der Waals surface area contributed by atoms with Gasteiger partial charge >= 0.3 is 5.97 Å². The molecule has 0 aliphatic rings. The van der Waals surface area contributed by atoms with Crippen molar-refractivity contribution in [1.82, 2.24) is 0 Å². The molecular weight excluding hydrogens is 290 g/mol. The molecule has 0 saturated heterocycles. The Balaban J connectivity index is 2.83. The molecule has 1 rings (SSSR count). The zero-order valence-electron chi connectivity index (χ0n) is 10.5. The number of halogens is 1. The van der Waals surface area contributed by atoms with E-state index >= 15 is 0 Å². The van der Waals surface area contributed by atoms with Crippen LogP contribution in [0.4, 0.5) is 11.4 Å². The van der Waals surface area contributed by atoms with E-state index in [2.05, 4.69) is 10.1 Å². The van der Waals surface area contributed by atoms with Gasteiger partial charge in [0.1, 0.15) is 5.02 Å². The van der Waals surface area contributed by atoms with Gasteiger partial charge < -0.3 is 15.8 Å². The number of nitrogens with one attached hydrogen (secondary N) is 1. The monoisotopic (exact) mass is 301 g/mol. The molecule has 0 fully saturated rings. The number of esters is 1. The fourth-order valence-electron chi connectivity index (χ4n) is 1.29. The molecule has 0 aliphatic carbocycles. The van der Waals surface area contributed by atoms with Crippen LogP contribution in [0.15, 0.2) is 18.2 Å². The first-order valence-corrected chi connectivity index (χ1v) is 5.91. The van der Waals surface area contributed by atoms with Crippen LogP contribution in [0.5, 0.6) is 0 Å². The van der Waals surface area contributed by atoms with E-state index in [1.807, 2.05) is 0 Å². The number of amides is 1. The smallest absolute Gasteiger partial charge is 0.332 e. The third-order valence-corrected chi connectivity index (χ3v) is 2.55. The van der Waals surface area contributed by atoms with Crippen molar-refractivity contribution in [3.63, 3.8) is 0 Å². The Morgan fingerprint density at radius 1 is 1.55 bits per heavy atom. The number of nitrogens with zero attached hydrogens (tertiary/aromatic N) is 1. The number of benzene rings is 1. The molecule has 8 nitrogen and oxygen atoms in total. The third-order valence-electron chi connectivity index (χ3n) is 2.23. The van der Waals surface area contributed by atoms with Crippen molar-refractivity contribution in [3.05, 3.63) is 33.3 Å². The van der Waals surface area contributed by atoms with Gasteiger partial charge in [-0.25, -0.2) is 4.79 Å². The molecule has 1 aromatic carbocycles. The van der Waals surface area contributed by atoms with E-state index in [4.69, 9.17) is 17.3 Å². The number of hydrogen-bond acceptors (Lipinski definition) is 6. The maximum absolute atomic E-state index is 11.7. The molecule has 1 atom stereocenters. The quantitative estimate of drug-likeness (QED) is 0.363. The second kappa shape index (κ2) is 6.83. The van der Waals surface area contributed by atoms with Crippen LogP contribution in [0.25, 0.3) is 0 Å². The van der Waals surface area contributed by atoms with Crippen molar-refractivity contribution < 1.29 is 19.2 Å². The molecule has 1 unspecified atom stereocenters. The summed E-state index contributed by atoms with van der Waals surface area (Å²) in [5.41, 5.74) is 5.11. The molecule has 1 amide bonds. The Kier molecular flexibility index (Phi) is 5.42. The highest BCUT2D eigenvalue weighted by Crippen LogP contribution is 2.27. The number of nitrogens with two attached hydrogens (primary N) is 1. The fourth-order valence-corrected chi connectivity index (χ4v) is 1.48. The van der Waals surface area contributed by atoms with Gasteiger partial charge in [-0.1, -0.05) is 11.6 Å². The molecule has 0 bridgehead atoms. The Hall–Kier alpha value is -2.19. The Labute approximate surface area is 119 Å². The summed E-state index contributed by atoms with van der Waals surface area (Å²) in [6, 6.07) is 2.17. The highest BCUT2D eigenvalue weighted by Gasteiger charge is 2.24. The van der Waals surface area contributed by atoms with Gasteiger partial charge in [-0.2, -0.15) is 0 Å². The molecule has 0 spiro atoms. The van der Waals surface area contributed by atoms with Crippen LogP contribution in [0, 0.1) is 10.1 Å². The van der Waals surface area contributed by atoms with Gasteiger partial charge in [0.2, 0.25) is 0 Å². The Bertz CT molecular complexity index is 549. The number of carbonyl (C=O) groups is 2. The lowest BCUT2D eigenvalue weighted by atomic mass is 10.2. The highest BCUT2D eigenvalue weighted by atomic mass is 35.5. The van der Waals surface area contributed by atoms with E-state index in [-0.39, 0.29) is 23.0 Å². The van der Waals surface area contributed by atoms with E-state index < -0.39 is 22.8 Å². The maximum atomic E-state index is 11.7. The number of anilines is 1. The van der Waals surface area contributed by atoms with Crippen LogP contribution in [-0.4, -0.2) is 29.4 Å². The number of nitro benzene ring substituents is 1. The molecule has 1 aromatic rings. The van der Waals surface area contributed by atoms with E-state index in [9.17, 15) is 19.7 Å². The summed E-state index contributed by atoms with van der Waals surface area (Å²) < 4.78 is 4.59. The van der Waals surface area contributed by atoms with Crippen molar-refractivity contribution in [2.45, 2.75) is 13.0 Å². The summed E-state index contributed by atoms with van der Waals surface area (Å²) in [6.45, 7) is 1.66. The number of carbonyl (C=O) groups excluding carboxylic acids is 2. The lowest BCUT2D eigenvalue weighted by Gasteiger charge is -2.11. The van der Waals surface area contributed by atoms with Crippen molar-refractivity contribution in [2.75, 3.05) is 11.9 Å². The molecule has 20 heavy (non-hydrogen) atoms. The lowest BCUT2D eigenvalue weighted by Crippen LogP contribution is -2.43. The minimum atomic E-state index is -1.51. The van der Waals surface area contributed by atoms with E-state index in [1.54, 1.807) is 6.92 Å².